The van der Waals surface area contributed by atoms with Gasteiger partial charge in [-0.05, 0) is 23.1 Å². The van der Waals surface area contributed by atoms with E-state index in [1.54, 1.807) is 0 Å². The van der Waals surface area contributed by atoms with E-state index in [0.29, 0.717) is 0 Å². The lowest BCUT2D eigenvalue weighted by atomic mass is 9.83. The first-order valence-corrected chi connectivity index (χ1v) is 8.21. The molecular weight excluding hydrogens is 282 g/mol. The lowest BCUT2D eigenvalue weighted by Gasteiger charge is -2.30. The maximum atomic E-state index is 11.7. The van der Waals surface area contributed by atoms with Crippen molar-refractivity contribution in [2.24, 2.45) is 0 Å². The second-order valence-electron chi connectivity index (χ2n) is 6.36. The second kappa shape index (κ2) is 5.80. The first-order valence-electron chi connectivity index (χ1n) is 8.21. The molecule has 1 N–H and O–H groups in total. The molecule has 23 heavy (non-hydrogen) atoms. The number of aliphatic hydroxyl groups is 1. The molecule has 0 spiro atoms. The van der Waals surface area contributed by atoms with Crippen molar-refractivity contribution in [1.29, 1.82) is 0 Å². The average molecular weight is 303 g/mol. The molecular formula is C21H21NO. The van der Waals surface area contributed by atoms with E-state index in [0.717, 1.165) is 30.6 Å². The Balaban J connectivity index is 1.66. The van der Waals surface area contributed by atoms with Crippen molar-refractivity contribution in [3.8, 4) is 0 Å². The van der Waals surface area contributed by atoms with E-state index in [2.05, 4.69) is 23.1 Å². The Morgan fingerprint density at radius 1 is 0.957 bits per heavy atom. The number of nitrogens with zero attached hydrogens (tertiary/aromatic N) is 1. The Bertz CT molecular complexity index is 693. The van der Waals surface area contributed by atoms with Crippen LogP contribution in [0, 0.1) is 0 Å². The molecule has 1 unspecified atom stereocenters. The van der Waals surface area contributed by atoms with Crippen LogP contribution in [0.4, 0.5) is 0 Å². The molecule has 0 saturated carbocycles. The van der Waals surface area contributed by atoms with Crippen molar-refractivity contribution in [3.05, 3.63) is 95.6 Å². The number of rotatable bonds is 5. The van der Waals surface area contributed by atoms with Crippen LogP contribution >= 0.6 is 0 Å². The average Bonchev–Trinajstić information content (AvgIpc) is 3.19. The van der Waals surface area contributed by atoms with Gasteiger partial charge in [0.05, 0.1) is 6.04 Å². The van der Waals surface area contributed by atoms with Crippen LogP contribution < -0.4 is 0 Å². The van der Waals surface area contributed by atoms with Crippen LogP contribution in [0.3, 0.4) is 0 Å². The van der Waals surface area contributed by atoms with Crippen LogP contribution in [0.5, 0.6) is 0 Å². The van der Waals surface area contributed by atoms with Gasteiger partial charge in [-0.15, -0.1) is 0 Å². The van der Waals surface area contributed by atoms with Gasteiger partial charge in [0.2, 0.25) is 0 Å². The van der Waals surface area contributed by atoms with Gasteiger partial charge in [0, 0.05) is 13.1 Å². The topological polar surface area (TPSA) is 23.2 Å². The van der Waals surface area contributed by atoms with Gasteiger partial charge in [-0.2, -0.15) is 0 Å². The Hall–Kier alpha value is -2.16. The minimum absolute atomic E-state index is 0.127. The van der Waals surface area contributed by atoms with E-state index in [1.165, 1.54) is 5.57 Å². The van der Waals surface area contributed by atoms with Crippen LogP contribution in [0.15, 0.2) is 84.5 Å². The highest BCUT2D eigenvalue weighted by Gasteiger charge is 2.52. The molecule has 2 nitrogen and oxygen atoms in total. The fraction of sp³-hybridized carbons (Fsp3) is 0.238. The summed E-state index contributed by atoms with van der Waals surface area (Å²) < 4.78 is 0. The first-order chi connectivity index (χ1) is 11.3. The minimum Gasteiger partial charge on any atom is -0.379 e. The van der Waals surface area contributed by atoms with E-state index in [4.69, 9.17) is 0 Å². The molecule has 0 amide bonds. The van der Waals surface area contributed by atoms with Crippen LogP contribution in [-0.2, 0) is 5.60 Å². The predicted octanol–water partition coefficient (Wildman–Crippen LogP) is 3.49. The van der Waals surface area contributed by atoms with E-state index < -0.39 is 5.60 Å². The van der Waals surface area contributed by atoms with Crippen LogP contribution in [0.2, 0.25) is 0 Å². The van der Waals surface area contributed by atoms with Gasteiger partial charge < -0.3 is 5.11 Å². The smallest absolute Gasteiger partial charge is 0.131 e. The van der Waals surface area contributed by atoms with Crippen molar-refractivity contribution in [2.75, 3.05) is 13.1 Å². The molecule has 2 aromatic carbocycles. The Kier molecular flexibility index (Phi) is 3.64. The van der Waals surface area contributed by atoms with E-state index in [9.17, 15) is 5.11 Å². The third-order valence-corrected chi connectivity index (χ3v) is 4.86. The van der Waals surface area contributed by atoms with Gasteiger partial charge in [0.1, 0.15) is 5.60 Å². The fourth-order valence-electron chi connectivity index (χ4n) is 3.54. The van der Waals surface area contributed by atoms with Crippen molar-refractivity contribution in [1.82, 2.24) is 4.90 Å². The monoisotopic (exact) mass is 303 g/mol. The minimum atomic E-state index is -0.953. The summed E-state index contributed by atoms with van der Waals surface area (Å²) in [5.74, 6) is 0. The van der Waals surface area contributed by atoms with Gasteiger partial charge in [-0.25, -0.2) is 0 Å². The highest BCUT2D eigenvalue weighted by molar-refractivity contribution is 5.41. The zero-order valence-electron chi connectivity index (χ0n) is 13.1. The normalized spacial score (nSPS) is 22.9. The molecule has 1 aliphatic carbocycles. The standard InChI is InChI=1S/C21H21NO/c23-21(18-11-3-1-4-12-18,19-13-5-2-6-14-19)20-16-22(20)15-17-9-7-8-10-17/h1-7,9-14,20,23H,8,15-16H2/t20-,22?/m0/s1. The van der Waals surface area contributed by atoms with Gasteiger partial charge in [-0.1, -0.05) is 78.9 Å². The molecule has 2 aliphatic rings. The summed E-state index contributed by atoms with van der Waals surface area (Å²) in [5.41, 5.74) is 2.34. The molecule has 2 aromatic rings. The Morgan fingerprint density at radius 2 is 1.57 bits per heavy atom. The number of benzene rings is 2. The Labute approximate surface area is 137 Å². The molecule has 2 atom stereocenters. The molecule has 1 aliphatic heterocycles. The van der Waals surface area contributed by atoms with Crippen LogP contribution in [0.25, 0.3) is 0 Å². The molecule has 0 radical (unpaired) electrons. The summed E-state index contributed by atoms with van der Waals surface area (Å²) in [4.78, 5) is 2.35. The maximum absolute atomic E-state index is 11.7. The van der Waals surface area contributed by atoms with E-state index in [-0.39, 0.29) is 6.04 Å². The third-order valence-electron chi connectivity index (χ3n) is 4.86. The number of hydrogen-bond donors (Lipinski definition) is 1. The van der Waals surface area contributed by atoms with Crippen molar-refractivity contribution >= 4 is 0 Å². The lowest BCUT2D eigenvalue weighted by Crippen LogP contribution is -2.36. The van der Waals surface area contributed by atoms with E-state index in [1.807, 2.05) is 60.7 Å². The van der Waals surface area contributed by atoms with Crippen LogP contribution in [0.1, 0.15) is 17.5 Å². The fourth-order valence-corrected chi connectivity index (χ4v) is 3.54. The number of allylic oxidation sites excluding steroid dienone is 2. The zero-order valence-corrected chi connectivity index (χ0v) is 13.1. The van der Waals surface area contributed by atoms with Crippen molar-refractivity contribution in [2.45, 2.75) is 18.1 Å². The highest BCUT2D eigenvalue weighted by atomic mass is 16.3. The van der Waals surface area contributed by atoms with Crippen molar-refractivity contribution in [3.63, 3.8) is 0 Å². The molecule has 0 aromatic heterocycles. The van der Waals surface area contributed by atoms with Gasteiger partial charge in [0.25, 0.3) is 0 Å². The zero-order chi connectivity index (χ0) is 15.7. The van der Waals surface area contributed by atoms with Crippen LogP contribution in [-0.4, -0.2) is 29.1 Å². The third kappa shape index (κ3) is 2.65. The molecule has 0 bridgehead atoms. The summed E-state index contributed by atoms with van der Waals surface area (Å²) in [6.45, 7) is 1.84. The largest absolute Gasteiger partial charge is 0.379 e. The van der Waals surface area contributed by atoms with Gasteiger partial charge in [0.15, 0.2) is 0 Å². The molecule has 116 valence electrons. The summed E-state index contributed by atoms with van der Waals surface area (Å²) in [6.07, 6.45) is 7.68. The summed E-state index contributed by atoms with van der Waals surface area (Å²) in [6, 6.07) is 20.2. The lowest BCUT2D eigenvalue weighted by molar-refractivity contribution is 0.0657. The Morgan fingerprint density at radius 3 is 2.09 bits per heavy atom. The maximum Gasteiger partial charge on any atom is 0.131 e. The number of hydrogen-bond acceptors (Lipinski definition) is 2. The highest BCUT2D eigenvalue weighted by Crippen LogP contribution is 2.42. The van der Waals surface area contributed by atoms with Crippen molar-refractivity contribution < 1.29 is 5.11 Å². The van der Waals surface area contributed by atoms with Gasteiger partial charge in [-0.3, -0.25) is 4.90 Å². The molecule has 4 rings (SSSR count). The molecule has 1 saturated heterocycles. The molecule has 1 fully saturated rings. The second-order valence-corrected chi connectivity index (χ2v) is 6.36. The van der Waals surface area contributed by atoms with Gasteiger partial charge >= 0.3 is 0 Å². The first kappa shape index (κ1) is 14.4. The predicted molar refractivity (Wildman–Crippen MR) is 93.1 cm³/mol. The molecule has 2 heteroatoms. The summed E-state index contributed by atoms with van der Waals surface area (Å²) >= 11 is 0. The quantitative estimate of drug-likeness (QED) is 0.855. The SMILES string of the molecule is OC(c1ccccc1)(c1ccccc1)[C@@H]1CN1CC1=CCC=C1. The molecule has 1 heterocycles. The summed E-state index contributed by atoms with van der Waals surface area (Å²) in [7, 11) is 0. The summed E-state index contributed by atoms with van der Waals surface area (Å²) in [5, 5.41) is 11.7. The van der Waals surface area contributed by atoms with E-state index >= 15 is 0 Å².